The Morgan fingerprint density at radius 1 is 1.18 bits per heavy atom. The van der Waals surface area contributed by atoms with Crippen molar-refractivity contribution in [2.75, 3.05) is 0 Å². The van der Waals surface area contributed by atoms with Gasteiger partial charge in [0.15, 0.2) is 8.07 Å². The fourth-order valence-corrected chi connectivity index (χ4v) is 2.79. The zero-order valence-electron chi connectivity index (χ0n) is 10.5. The summed E-state index contributed by atoms with van der Waals surface area (Å²) in [4.78, 5) is 4.20. The first kappa shape index (κ1) is 12.2. The van der Waals surface area contributed by atoms with Gasteiger partial charge in [0.2, 0.25) is 0 Å². The monoisotopic (exact) mass is 254 g/mol. The lowest BCUT2D eigenvalue weighted by Gasteiger charge is -2.31. The van der Waals surface area contributed by atoms with E-state index in [2.05, 4.69) is 4.98 Å². The highest BCUT2D eigenvalue weighted by Gasteiger charge is 2.48. The third-order valence-electron chi connectivity index (χ3n) is 2.91. The summed E-state index contributed by atoms with van der Waals surface area (Å²) in [5.41, 5.74) is -1.69. The lowest BCUT2D eigenvalue weighted by Crippen LogP contribution is -2.47. The second-order valence-corrected chi connectivity index (χ2v) is 10.4. The fraction of sp³-hybridized carbons (Fsp3) is 0.417. The van der Waals surface area contributed by atoms with Crippen molar-refractivity contribution in [1.82, 2.24) is 9.55 Å². The van der Waals surface area contributed by atoms with Gasteiger partial charge in [0.05, 0.1) is 11.0 Å². The number of nitrogens with zero attached hydrogens (tertiary/aromatic N) is 2. The normalized spacial score (nSPS) is 13.3. The van der Waals surface area contributed by atoms with E-state index in [4.69, 9.17) is 0 Å². The van der Waals surface area contributed by atoms with E-state index in [-0.39, 0.29) is 0 Å². The Balaban J connectivity index is 2.75. The third-order valence-corrected chi connectivity index (χ3v) is 4.94. The number of imidazole rings is 1. The summed E-state index contributed by atoms with van der Waals surface area (Å²) in [5.74, 6) is 0.374. The molecule has 0 aliphatic heterocycles. The number of hydrogen-bond acceptors (Lipinski definition) is 1. The van der Waals surface area contributed by atoms with E-state index >= 15 is 0 Å². The molecule has 0 radical (unpaired) electrons. The SMILES string of the molecule is Cc1nc2ccccc2n1C(F)(F)[Si](C)(C)C. The Bertz CT molecular complexity index is 555. The second kappa shape index (κ2) is 3.63. The number of para-hydroxylation sites is 2. The fourth-order valence-electron chi connectivity index (χ4n) is 1.84. The summed E-state index contributed by atoms with van der Waals surface area (Å²) in [7, 11) is -2.65. The smallest absolute Gasteiger partial charge is 0.272 e. The largest absolute Gasteiger partial charge is 0.304 e. The molecule has 5 heteroatoms. The number of alkyl halides is 2. The lowest BCUT2D eigenvalue weighted by atomic mass is 10.3. The number of aryl methyl sites for hydroxylation is 1. The van der Waals surface area contributed by atoms with Gasteiger partial charge >= 0.3 is 5.67 Å². The summed E-state index contributed by atoms with van der Waals surface area (Å²) in [5, 5.41) is 0. The summed E-state index contributed by atoms with van der Waals surface area (Å²) >= 11 is 0. The summed E-state index contributed by atoms with van der Waals surface area (Å²) in [6.45, 7) is 6.64. The Kier molecular flexibility index (Phi) is 2.61. The van der Waals surface area contributed by atoms with E-state index in [1.165, 1.54) is 0 Å². The molecule has 0 atom stereocenters. The standard InChI is InChI=1S/C12H16F2N2Si/c1-9-15-10-7-5-6-8-11(10)16(9)12(13,14)17(2,3)4/h5-8H,1-4H3. The minimum absolute atomic E-state index is 0.374. The first-order valence-corrected chi connectivity index (χ1v) is 9.07. The number of rotatable bonds is 2. The first-order valence-electron chi connectivity index (χ1n) is 5.57. The van der Waals surface area contributed by atoms with E-state index in [9.17, 15) is 8.78 Å². The van der Waals surface area contributed by atoms with E-state index in [1.54, 1.807) is 44.8 Å². The molecule has 1 heterocycles. The van der Waals surface area contributed by atoms with Crippen molar-refractivity contribution in [3.8, 4) is 0 Å². The average Bonchev–Trinajstić information content (AvgIpc) is 2.51. The highest BCUT2D eigenvalue weighted by Crippen LogP contribution is 2.36. The van der Waals surface area contributed by atoms with Crippen molar-refractivity contribution in [2.24, 2.45) is 0 Å². The molecule has 0 saturated carbocycles. The molecule has 2 nitrogen and oxygen atoms in total. The first-order chi connectivity index (χ1) is 7.75. The van der Waals surface area contributed by atoms with Crippen LogP contribution < -0.4 is 0 Å². The van der Waals surface area contributed by atoms with Gasteiger partial charge in [-0.3, -0.25) is 4.57 Å². The van der Waals surface area contributed by atoms with Gasteiger partial charge in [-0.25, -0.2) is 4.98 Å². The van der Waals surface area contributed by atoms with Crippen LogP contribution in [0.25, 0.3) is 11.0 Å². The molecule has 1 aromatic heterocycles. The van der Waals surface area contributed by atoms with E-state index in [0.29, 0.717) is 16.9 Å². The number of halogens is 2. The molecule has 2 rings (SSSR count). The van der Waals surface area contributed by atoms with Crippen molar-refractivity contribution in [1.29, 1.82) is 0 Å². The molecule has 0 spiro atoms. The lowest BCUT2D eigenvalue weighted by molar-refractivity contribution is 0.00140. The van der Waals surface area contributed by atoms with Crippen LogP contribution in [0.3, 0.4) is 0 Å². The molecule has 2 aromatic rings. The van der Waals surface area contributed by atoms with Crippen LogP contribution in [0.5, 0.6) is 0 Å². The van der Waals surface area contributed by atoms with Gasteiger partial charge in [0.25, 0.3) is 0 Å². The average molecular weight is 254 g/mol. The number of benzene rings is 1. The van der Waals surface area contributed by atoms with Crippen molar-refractivity contribution >= 4 is 19.1 Å². The molecule has 1 aromatic carbocycles. The molecular weight excluding hydrogens is 238 g/mol. The highest BCUT2D eigenvalue weighted by molar-refractivity contribution is 6.77. The van der Waals surface area contributed by atoms with Crippen molar-refractivity contribution in [3.63, 3.8) is 0 Å². The molecular formula is C12H16F2N2Si. The zero-order chi connectivity index (χ0) is 12.8. The molecule has 0 N–H and O–H groups in total. The molecule has 0 amide bonds. The van der Waals surface area contributed by atoms with Crippen LogP contribution >= 0.6 is 0 Å². The molecule has 0 aliphatic carbocycles. The van der Waals surface area contributed by atoms with Crippen LogP contribution in [-0.2, 0) is 5.67 Å². The maximum absolute atomic E-state index is 14.5. The Labute approximate surface area is 100 Å². The molecule has 0 aliphatic rings. The van der Waals surface area contributed by atoms with E-state index in [1.807, 2.05) is 6.07 Å². The quantitative estimate of drug-likeness (QED) is 0.746. The van der Waals surface area contributed by atoms with Gasteiger partial charge in [-0.2, -0.15) is 8.78 Å². The Hall–Kier alpha value is -1.23. The van der Waals surface area contributed by atoms with Crippen molar-refractivity contribution < 1.29 is 8.78 Å². The highest BCUT2D eigenvalue weighted by atomic mass is 28.3. The van der Waals surface area contributed by atoms with Crippen LogP contribution in [-0.4, -0.2) is 17.6 Å². The predicted octanol–water partition coefficient (Wildman–Crippen LogP) is 3.77. The third kappa shape index (κ3) is 1.78. The predicted molar refractivity (Wildman–Crippen MR) is 68.0 cm³/mol. The maximum atomic E-state index is 14.5. The summed E-state index contributed by atoms with van der Waals surface area (Å²) in [6, 6.07) is 7.04. The molecule has 0 fully saturated rings. The van der Waals surface area contributed by atoms with Crippen LogP contribution in [0.2, 0.25) is 19.6 Å². The Morgan fingerprint density at radius 3 is 2.35 bits per heavy atom. The molecule has 92 valence electrons. The maximum Gasteiger partial charge on any atom is 0.304 e. The van der Waals surface area contributed by atoms with Crippen LogP contribution in [0.15, 0.2) is 24.3 Å². The Morgan fingerprint density at radius 2 is 1.76 bits per heavy atom. The van der Waals surface area contributed by atoms with E-state index < -0.39 is 13.7 Å². The summed E-state index contributed by atoms with van der Waals surface area (Å²) < 4.78 is 30.0. The van der Waals surface area contributed by atoms with E-state index in [0.717, 1.165) is 4.57 Å². The van der Waals surface area contributed by atoms with Gasteiger partial charge in [0, 0.05) is 0 Å². The number of hydrogen-bond donors (Lipinski definition) is 0. The zero-order valence-corrected chi connectivity index (χ0v) is 11.5. The molecule has 0 saturated heterocycles. The van der Waals surface area contributed by atoms with Crippen LogP contribution in [0.4, 0.5) is 8.78 Å². The minimum atomic E-state index is -2.83. The van der Waals surface area contributed by atoms with Gasteiger partial charge < -0.3 is 0 Å². The topological polar surface area (TPSA) is 17.8 Å². The summed E-state index contributed by atoms with van der Waals surface area (Å²) in [6.07, 6.45) is 0. The second-order valence-electron chi connectivity index (χ2n) is 5.27. The van der Waals surface area contributed by atoms with Gasteiger partial charge in [-0.05, 0) is 19.1 Å². The number of fused-ring (bicyclic) bond motifs is 1. The van der Waals surface area contributed by atoms with Crippen molar-refractivity contribution in [2.45, 2.75) is 32.2 Å². The van der Waals surface area contributed by atoms with Gasteiger partial charge in [0.1, 0.15) is 5.82 Å². The number of aromatic nitrogens is 2. The minimum Gasteiger partial charge on any atom is -0.272 e. The van der Waals surface area contributed by atoms with Crippen molar-refractivity contribution in [3.05, 3.63) is 30.1 Å². The van der Waals surface area contributed by atoms with Gasteiger partial charge in [-0.1, -0.05) is 31.8 Å². The van der Waals surface area contributed by atoms with Gasteiger partial charge in [-0.15, -0.1) is 0 Å². The van der Waals surface area contributed by atoms with Crippen LogP contribution in [0, 0.1) is 6.92 Å². The molecule has 0 unspecified atom stereocenters. The molecule has 17 heavy (non-hydrogen) atoms. The van der Waals surface area contributed by atoms with Crippen LogP contribution in [0.1, 0.15) is 5.82 Å². The molecule has 0 bridgehead atoms.